The number of halogens is 1. The Balaban J connectivity index is 1.62. The van der Waals surface area contributed by atoms with E-state index in [4.69, 9.17) is 28.6 Å². The summed E-state index contributed by atoms with van der Waals surface area (Å²) in [7, 11) is 0. The summed E-state index contributed by atoms with van der Waals surface area (Å²) in [6.45, 7) is 2.59. The van der Waals surface area contributed by atoms with Gasteiger partial charge in [-0.1, -0.05) is 17.7 Å². The van der Waals surface area contributed by atoms with E-state index in [0.29, 0.717) is 16.7 Å². The Morgan fingerprint density at radius 1 is 1.03 bits per heavy atom. The first kappa shape index (κ1) is 21.4. The Labute approximate surface area is 202 Å². The molecule has 33 heavy (non-hydrogen) atoms. The number of rotatable bonds is 6. The fraction of sp³-hybridized carbons (Fsp3) is 0.160. The second-order valence-corrected chi connectivity index (χ2v) is 8.38. The minimum absolute atomic E-state index is 0.147. The molecule has 1 aliphatic heterocycles. The highest BCUT2D eigenvalue weighted by molar-refractivity contribution is 7.80. The number of anilines is 1. The first-order chi connectivity index (χ1) is 16.2. The summed E-state index contributed by atoms with van der Waals surface area (Å²) in [5, 5.41) is 4.73. The molecule has 166 valence electrons. The van der Waals surface area contributed by atoms with Gasteiger partial charge in [0.2, 0.25) is 0 Å². The molecule has 8 heteroatoms. The second kappa shape index (κ2) is 9.21. The number of benzene rings is 1. The normalized spacial score (nSPS) is 17.8. The van der Waals surface area contributed by atoms with Gasteiger partial charge in [0, 0.05) is 30.0 Å². The molecule has 4 heterocycles. The van der Waals surface area contributed by atoms with Crippen LogP contribution in [0.1, 0.15) is 30.4 Å². The van der Waals surface area contributed by atoms with Crippen LogP contribution in [0.3, 0.4) is 0 Å². The predicted octanol–water partition coefficient (Wildman–Crippen LogP) is 5.50. The maximum atomic E-state index is 6.08. The Hall–Kier alpha value is -3.42. The van der Waals surface area contributed by atoms with Crippen LogP contribution in [0.5, 0.6) is 5.75 Å². The number of hydrogen-bond acceptors (Lipinski definition) is 4. The van der Waals surface area contributed by atoms with Crippen molar-refractivity contribution in [2.24, 2.45) is 0 Å². The van der Waals surface area contributed by atoms with Crippen LogP contribution >= 0.6 is 23.8 Å². The third-order valence-electron chi connectivity index (χ3n) is 5.57. The van der Waals surface area contributed by atoms with Crippen molar-refractivity contribution < 1.29 is 4.74 Å². The van der Waals surface area contributed by atoms with Crippen LogP contribution in [0, 0.1) is 0 Å². The lowest BCUT2D eigenvalue weighted by Gasteiger charge is -2.29. The SMILES string of the molecule is CCOc1ccc(N2C(=S)N[C@H](c3ccccn3)[C@H]2c2cccn2-c2ccc(Cl)cn2)cc1. The first-order valence-corrected chi connectivity index (χ1v) is 11.5. The van der Waals surface area contributed by atoms with Gasteiger partial charge < -0.3 is 19.5 Å². The molecule has 2 atom stereocenters. The summed E-state index contributed by atoms with van der Waals surface area (Å²) >= 11 is 11.9. The van der Waals surface area contributed by atoms with Gasteiger partial charge in [-0.2, -0.15) is 0 Å². The number of nitrogens with one attached hydrogen (secondary N) is 1. The van der Waals surface area contributed by atoms with Crippen molar-refractivity contribution in [2.75, 3.05) is 11.5 Å². The van der Waals surface area contributed by atoms with E-state index in [-0.39, 0.29) is 12.1 Å². The maximum absolute atomic E-state index is 6.08. The molecule has 0 saturated carbocycles. The summed E-state index contributed by atoms with van der Waals surface area (Å²) in [5.74, 6) is 1.61. The zero-order chi connectivity index (χ0) is 22.8. The molecule has 0 radical (unpaired) electrons. The molecule has 5 rings (SSSR count). The lowest BCUT2D eigenvalue weighted by molar-refractivity contribution is 0.340. The van der Waals surface area contributed by atoms with Crippen LogP contribution in [-0.4, -0.2) is 26.3 Å². The molecule has 1 aliphatic rings. The van der Waals surface area contributed by atoms with Gasteiger partial charge >= 0.3 is 0 Å². The second-order valence-electron chi connectivity index (χ2n) is 7.56. The molecular weight excluding hydrogens is 454 g/mol. The van der Waals surface area contributed by atoms with Crippen LogP contribution in [0.15, 0.2) is 85.3 Å². The number of aromatic nitrogens is 3. The Morgan fingerprint density at radius 3 is 2.58 bits per heavy atom. The fourth-order valence-electron chi connectivity index (χ4n) is 4.16. The number of thiocarbonyl (C=S) groups is 1. The average Bonchev–Trinajstić information content (AvgIpc) is 3.45. The first-order valence-electron chi connectivity index (χ1n) is 10.7. The molecule has 0 amide bonds. The van der Waals surface area contributed by atoms with E-state index in [1.165, 1.54) is 0 Å². The van der Waals surface area contributed by atoms with Crippen molar-refractivity contribution >= 4 is 34.6 Å². The summed E-state index contributed by atoms with van der Waals surface area (Å²) in [4.78, 5) is 11.3. The highest BCUT2D eigenvalue weighted by Gasteiger charge is 2.42. The standard InChI is InChI=1S/C25H22ClN5OS/c1-2-32-19-11-9-18(10-12-19)31-24(23(29-25(31)33)20-6-3-4-14-27-20)21-7-5-15-30(21)22-13-8-17(26)16-28-22/h3-16,23-24H,2H2,1H3,(H,29,33)/t23-,24-/m1/s1. The van der Waals surface area contributed by atoms with E-state index < -0.39 is 0 Å². The quantitative estimate of drug-likeness (QED) is 0.372. The van der Waals surface area contributed by atoms with Gasteiger partial charge in [-0.05, 0) is 79.8 Å². The van der Waals surface area contributed by atoms with E-state index in [0.717, 1.165) is 28.6 Å². The molecule has 1 fully saturated rings. The zero-order valence-electron chi connectivity index (χ0n) is 17.9. The topological polar surface area (TPSA) is 55.2 Å². The van der Waals surface area contributed by atoms with Gasteiger partial charge in [-0.25, -0.2) is 4.98 Å². The van der Waals surface area contributed by atoms with Gasteiger partial charge in [-0.15, -0.1) is 0 Å². The van der Waals surface area contributed by atoms with Crippen LogP contribution in [-0.2, 0) is 0 Å². The van der Waals surface area contributed by atoms with Crippen molar-refractivity contribution in [1.82, 2.24) is 19.9 Å². The van der Waals surface area contributed by atoms with Crippen molar-refractivity contribution in [3.8, 4) is 11.6 Å². The lowest BCUT2D eigenvalue weighted by Crippen LogP contribution is -2.30. The van der Waals surface area contributed by atoms with Gasteiger partial charge in [-0.3, -0.25) is 4.98 Å². The molecule has 0 aliphatic carbocycles. The Kier molecular flexibility index (Phi) is 5.98. The van der Waals surface area contributed by atoms with Crippen molar-refractivity contribution in [3.05, 3.63) is 102 Å². The highest BCUT2D eigenvalue weighted by atomic mass is 35.5. The zero-order valence-corrected chi connectivity index (χ0v) is 19.5. The van der Waals surface area contributed by atoms with Crippen LogP contribution in [0.25, 0.3) is 5.82 Å². The monoisotopic (exact) mass is 475 g/mol. The maximum Gasteiger partial charge on any atom is 0.174 e. The summed E-state index contributed by atoms with van der Waals surface area (Å²) in [5.41, 5.74) is 2.91. The molecule has 1 aromatic carbocycles. The number of ether oxygens (including phenoxy) is 1. The highest BCUT2D eigenvalue weighted by Crippen LogP contribution is 2.42. The molecule has 0 unspecified atom stereocenters. The average molecular weight is 476 g/mol. The number of hydrogen-bond donors (Lipinski definition) is 1. The van der Waals surface area contributed by atoms with E-state index in [1.807, 2.05) is 73.8 Å². The minimum atomic E-state index is -0.155. The largest absolute Gasteiger partial charge is 0.494 e. The van der Waals surface area contributed by atoms with E-state index >= 15 is 0 Å². The minimum Gasteiger partial charge on any atom is -0.494 e. The number of pyridine rings is 2. The molecule has 0 bridgehead atoms. The smallest absolute Gasteiger partial charge is 0.174 e. The molecule has 3 aromatic heterocycles. The molecule has 6 nitrogen and oxygen atoms in total. The van der Waals surface area contributed by atoms with Crippen molar-refractivity contribution in [3.63, 3.8) is 0 Å². The summed E-state index contributed by atoms with van der Waals surface area (Å²) < 4.78 is 7.69. The molecule has 0 spiro atoms. The Morgan fingerprint density at radius 2 is 1.88 bits per heavy atom. The van der Waals surface area contributed by atoms with Gasteiger partial charge in [0.05, 0.1) is 23.4 Å². The number of nitrogens with zero attached hydrogens (tertiary/aromatic N) is 4. The third-order valence-corrected chi connectivity index (χ3v) is 6.10. The predicted molar refractivity (Wildman–Crippen MR) is 134 cm³/mol. The van der Waals surface area contributed by atoms with Crippen LogP contribution in [0.4, 0.5) is 5.69 Å². The third kappa shape index (κ3) is 4.17. The van der Waals surface area contributed by atoms with E-state index in [2.05, 4.69) is 30.8 Å². The molecule has 1 N–H and O–H groups in total. The summed E-state index contributed by atoms with van der Waals surface area (Å²) in [6.07, 6.45) is 5.45. The molecule has 4 aromatic rings. The van der Waals surface area contributed by atoms with Gasteiger partial charge in [0.15, 0.2) is 5.11 Å². The van der Waals surface area contributed by atoms with Gasteiger partial charge in [0.25, 0.3) is 0 Å². The Bertz CT molecular complexity index is 1240. The van der Waals surface area contributed by atoms with E-state index in [9.17, 15) is 0 Å². The molecular formula is C25H22ClN5OS. The summed E-state index contributed by atoms with van der Waals surface area (Å²) in [6, 6.07) is 21.5. The van der Waals surface area contributed by atoms with Crippen LogP contribution < -0.4 is 15.0 Å². The van der Waals surface area contributed by atoms with Crippen molar-refractivity contribution in [2.45, 2.75) is 19.0 Å². The van der Waals surface area contributed by atoms with E-state index in [1.54, 1.807) is 12.4 Å². The van der Waals surface area contributed by atoms with Crippen molar-refractivity contribution in [1.29, 1.82) is 0 Å². The molecule has 1 saturated heterocycles. The lowest BCUT2D eigenvalue weighted by atomic mass is 10.0. The fourth-order valence-corrected chi connectivity index (χ4v) is 4.62. The van der Waals surface area contributed by atoms with Gasteiger partial charge in [0.1, 0.15) is 17.6 Å². The van der Waals surface area contributed by atoms with Crippen LogP contribution in [0.2, 0.25) is 5.02 Å².